The minimum Gasteiger partial charge on any atom is -0.330 e. The zero-order chi connectivity index (χ0) is 12.7. The van der Waals surface area contributed by atoms with E-state index in [9.17, 15) is 0 Å². The molecule has 0 aliphatic heterocycles. The number of nitrogen functional groups attached to an aromatic ring is 1. The average molecular weight is 231 g/mol. The largest absolute Gasteiger partial charge is 0.330 e. The Bertz CT molecular complexity index is 418. The second kappa shape index (κ2) is 6.26. The van der Waals surface area contributed by atoms with Crippen LogP contribution in [0.3, 0.4) is 0 Å². The molecule has 17 heavy (non-hydrogen) atoms. The van der Waals surface area contributed by atoms with Gasteiger partial charge in [0.1, 0.15) is 30.5 Å². The van der Waals surface area contributed by atoms with Crippen LogP contribution in [0.2, 0.25) is 0 Å². The van der Waals surface area contributed by atoms with Crippen LogP contribution < -0.4 is 16.2 Å². The first kappa shape index (κ1) is 12.7. The average Bonchev–Trinajstić information content (AvgIpc) is 2.37. The SMILES string of the molecule is CCc1nc(NN)cc(N(CC#N)CC#N)n1. The lowest BCUT2D eigenvalue weighted by Crippen LogP contribution is -2.26. The van der Waals surface area contributed by atoms with E-state index in [1.54, 1.807) is 11.0 Å². The van der Waals surface area contributed by atoms with Crippen molar-refractivity contribution in [2.75, 3.05) is 23.4 Å². The molecule has 1 rings (SSSR count). The lowest BCUT2D eigenvalue weighted by Gasteiger charge is -2.18. The fourth-order valence-electron chi connectivity index (χ4n) is 1.27. The summed E-state index contributed by atoms with van der Waals surface area (Å²) in [6.07, 6.45) is 0.648. The Morgan fingerprint density at radius 1 is 1.35 bits per heavy atom. The van der Waals surface area contributed by atoms with Crippen molar-refractivity contribution >= 4 is 11.6 Å². The molecule has 0 aliphatic rings. The zero-order valence-electron chi connectivity index (χ0n) is 9.51. The summed E-state index contributed by atoms with van der Waals surface area (Å²) in [4.78, 5) is 9.94. The van der Waals surface area contributed by atoms with Gasteiger partial charge in [0, 0.05) is 12.5 Å². The quantitative estimate of drug-likeness (QED) is 0.422. The molecule has 0 spiro atoms. The van der Waals surface area contributed by atoms with Crippen molar-refractivity contribution in [3.63, 3.8) is 0 Å². The molecule has 1 aromatic heterocycles. The highest BCUT2D eigenvalue weighted by atomic mass is 15.3. The minimum absolute atomic E-state index is 0.0950. The molecule has 0 saturated carbocycles. The maximum Gasteiger partial charge on any atom is 0.145 e. The Morgan fingerprint density at radius 2 is 2.00 bits per heavy atom. The topological polar surface area (TPSA) is 115 Å². The van der Waals surface area contributed by atoms with Crippen LogP contribution in [0.4, 0.5) is 11.6 Å². The standard InChI is InChI=1S/C10H13N7/c1-2-8-14-9(16-13)7-10(15-8)17(5-3-11)6-4-12/h7H,2,5-6,13H2,1H3,(H,14,15,16). The van der Waals surface area contributed by atoms with Gasteiger partial charge >= 0.3 is 0 Å². The van der Waals surface area contributed by atoms with Gasteiger partial charge in [0.05, 0.1) is 12.1 Å². The molecule has 0 atom stereocenters. The summed E-state index contributed by atoms with van der Waals surface area (Å²) >= 11 is 0. The molecule has 1 heterocycles. The van der Waals surface area contributed by atoms with Gasteiger partial charge in [0.15, 0.2) is 0 Å². The third-order valence-electron chi connectivity index (χ3n) is 2.07. The number of hydrazine groups is 1. The number of hydrogen-bond acceptors (Lipinski definition) is 7. The van der Waals surface area contributed by atoms with Gasteiger partial charge in [-0.1, -0.05) is 6.92 Å². The maximum atomic E-state index is 8.69. The summed E-state index contributed by atoms with van der Waals surface area (Å²) in [7, 11) is 0. The van der Waals surface area contributed by atoms with E-state index in [-0.39, 0.29) is 13.1 Å². The molecule has 3 N–H and O–H groups in total. The third-order valence-corrected chi connectivity index (χ3v) is 2.07. The summed E-state index contributed by atoms with van der Waals surface area (Å²) in [5.74, 6) is 6.90. The molecule has 0 amide bonds. The first-order valence-corrected chi connectivity index (χ1v) is 5.08. The van der Waals surface area contributed by atoms with Crippen LogP contribution in [0.25, 0.3) is 0 Å². The van der Waals surface area contributed by atoms with E-state index in [0.29, 0.717) is 23.9 Å². The van der Waals surface area contributed by atoms with Crippen molar-refractivity contribution in [2.24, 2.45) is 5.84 Å². The van der Waals surface area contributed by atoms with Gasteiger partial charge in [0.25, 0.3) is 0 Å². The van der Waals surface area contributed by atoms with Crippen molar-refractivity contribution < 1.29 is 0 Å². The Balaban J connectivity index is 3.09. The molecular formula is C10H13N7. The zero-order valence-corrected chi connectivity index (χ0v) is 9.51. The minimum atomic E-state index is 0.0950. The van der Waals surface area contributed by atoms with Crippen molar-refractivity contribution in [1.29, 1.82) is 10.5 Å². The number of nitrogens with two attached hydrogens (primary N) is 1. The third kappa shape index (κ3) is 3.30. The van der Waals surface area contributed by atoms with Gasteiger partial charge in [-0.15, -0.1) is 0 Å². The summed E-state index contributed by atoms with van der Waals surface area (Å²) in [5.41, 5.74) is 2.44. The highest BCUT2D eigenvalue weighted by molar-refractivity contribution is 5.50. The number of nitriles is 2. The van der Waals surface area contributed by atoms with Crippen LogP contribution in [-0.4, -0.2) is 23.1 Å². The van der Waals surface area contributed by atoms with Crippen molar-refractivity contribution in [2.45, 2.75) is 13.3 Å². The van der Waals surface area contributed by atoms with E-state index in [1.165, 1.54) is 0 Å². The molecular weight excluding hydrogens is 218 g/mol. The first-order chi connectivity index (χ1) is 8.24. The molecule has 1 aromatic rings. The molecule has 88 valence electrons. The van der Waals surface area contributed by atoms with Crippen LogP contribution in [0.5, 0.6) is 0 Å². The van der Waals surface area contributed by atoms with E-state index >= 15 is 0 Å². The summed E-state index contributed by atoms with van der Waals surface area (Å²) in [6.45, 7) is 2.10. The maximum absolute atomic E-state index is 8.69. The van der Waals surface area contributed by atoms with E-state index in [1.807, 2.05) is 19.1 Å². The van der Waals surface area contributed by atoms with Crippen molar-refractivity contribution in [3.8, 4) is 12.1 Å². The molecule has 0 aliphatic carbocycles. The highest BCUT2D eigenvalue weighted by Crippen LogP contribution is 2.15. The van der Waals surface area contributed by atoms with Gasteiger partial charge in [-0.2, -0.15) is 10.5 Å². The normalized spacial score (nSPS) is 9.18. The van der Waals surface area contributed by atoms with Crippen LogP contribution in [0, 0.1) is 22.7 Å². The van der Waals surface area contributed by atoms with Gasteiger partial charge in [-0.3, -0.25) is 0 Å². The predicted molar refractivity (Wildman–Crippen MR) is 62.7 cm³/mol. The highest BCUT2D eigenvalue weighted by Gasteiger charge is 2.10. The molecule has 0 fully saturated rings. The lowest BCUT2D eigenvalue weighted by molar-refractivity contribution is 0.878. The van der Waals surface area contributed by atoms with Crippen LogP contribution in [0.1, 0.15) is 12.7 Å². The fraction of sp³-hybridized carbons (Fsp3) is 0.400. The van der Waals surface area contributed by atoms with Gasteiger partial charge in [-0.05, 0) is 0 Å². The van der Waals surface area contributed by atoms with E-state index in [2.05, 4.69) is 15.4 Å². The summed E-state index contributed by atoms with van der Waals surface area (Å²) in [5, 5.41) is 17.4. The van der Waals surface area contributed by atoms with Gasteiger partial charge in [-0.25, -0.2) is 15.8 Å². The van der Waals surface area contributed by atoms with Gasteiger partial charge < -0.3 is 10.3 Å². The smallest absolute Gasteiger partial charge is 0.145 e. The fourth-order valence-corrected chi connectivity index (χ4v) is 1.27. The van der Waals surface area contributed by atoms with Crippen LogP contribution in [0.15, 0.2) is 6.07 Å². The van der Waals surface area contributed by atoms with Crippen LogP contribution in [-0.2, 0) is 6.42 Å². The Kier molecular flexibility index (Phi) is 4.67. The van der Waals surface area contributed by atoms with E-state index in [4.69, 9.17) is 16.4 Å². The molecule has 0 saturated heterocycles. The first-order valence-electron chi connectivity index (χ1n) is 5.08. The van der Waals surface area contributed by atoms with E-state index in [0.717, 1.165) is 0 Å². The predicted octanol–water partition coefficient (Wildman–Crippen LogP) is 0.178. The molecule has 0 unspecified atom stereocenters. The number of hydrogen-bond donors (Lipinski definition) is 2. The Labute approximate surface area is 99.5 Å². The van der Waals surface area contributed by atoms with Crippen molar-refractivity contribution in [3.05, 3.63) is 11.9 Å². The monoisotopic (exact) mass is 231 g/mol. The molecule has 0 aromatic carbocycles. The second-order valence-corrected chi connectivity index (χ2v) is 3.20. The molecule has 7 heteroatoms. The van der Waals surface area contributed by atoms with Crippen molar-refractivity contribution in [1.82, 2.24) is 9.97 Å². The molecule has 0 radical (unpaired) electrons. The number of anilines is 2. The number of rotatable bonds is 5. The Hall–Kier alpha value is -2.38. The van der Waals surface area contributed by atoms with Crippen LogP contribution >= 0.6 is 0 Å². The number of aryl methyl sites for hydroxylation is 1. The van der Waals surface area contributed by atoms with Gasteiger partial charge in [0.2, 0.25) is 0 Å². The summed E-state index contributed by atoms with van der Waals surface area (Å²) < 4.78 is 0. The lowest BCUT2D eigenvalue weighted by atomic mass is 10.4. The number of aromatic nitrogens is 2. The van der Waals surface area contributed by atoms with E-state index < -0.39 is 0 Å². The Morgan fingerprint density at radius 3 is 2.47 bits per heavy atom. The summed E-state index contributed by atoms with van der Waals surface area (Å²) in [6, 6.07) is 5.58. The second-order valence-electron chi connectivity index (χ2n) is 3.20. The number of nitrogens with zero attached hydrogens (tertiary/aromatic N) is 5. The number of nitrogens with one attached hydrogen (secondary N) is 1. The molecule has 0 bridgehead atoms. The molecule has 7 nitrogen and oxygen atoms in total.